The van der Waals surface area contributed by atoms with Crippen LogP contribution in [0.4, 0.5) is 0 Å². The molecular formula is C40H27NO5S. The van der Waals surface area contributed by atoms with E-state index in [1.54, 1.807) is 36.4 Å². The smallest absolute Gasteiger partial charge is 0.346 e. The molecule has 6 nitrogen and oxygen atoms in total. The summed E-state index contributed by atoms with van der Waals surface area (Å²) in [5, 5.41) is 2.89. The normalized spacial score (nSPS) is 11.9. The predicted molar refractivity (Wildman–Crippen MR) is 185 cm³/mol. The van der Waals surface area contributed by atoms with Gasteiger partial charge in [-0.25, -0.2) is 4.79 Å². The van der Waals surface area contributed by atoms with E-state index >= 15 is 0 Å². The minimum Gasteiger partial charge on any atom is -0.388 e. The lowest BCUT2D eigenvalue weighted by molar-refractivity contribution is 0.364. The number of H-pyrrole nitrogens is 1. The summed E-state index contributed by atoms with van der Waals surface area (Å²) in [5.41, 5.74) is 4.05. The van der Waals surface area contributed by atoms with E-state index < -0.39 is 21.7 Å². The molecule has 1 N–H and O–H groups in total. The Labute approximate surface area is 270 Å². The number of aromatic amines is 1. The third-order valence-corrected chi connectivity index (χ3v) is 9.82. The highest BCUT2D eigenvalue weighted by Crippen LogP contribution is 2.47. The van der Waals surface area contributed by atoms with Crippen LogP contribution in [-0.2, 0) is 10.1 Å². The van der Waals surface area contributed by atoms with Crippen molar-refractivity contribution in [3.8, 4) is 17.1 Å². The molecule has 0 bridgehead atoms. The van der Waals surface area contributed by atoms with Crippen molar-refractivity contribution in [2.24, 2.45) is 0 Å². The molecule has 2 aromatic heterocycles. The number of nitrogens with one attached hydrogen (secondary N) is 1. The molecule has 0 amide bonds. The van der Waals surface area contributed by atoms with E-state index in [9.17, 15) is 13.2 Å². The van der Waals surface area contributed by atoms with Crippen LogP contribution in [0.3, 0.4) is 0 Å². The SMILES string of the molecule is O=c1oc(OS(=O)(=O)c2cccc3ccccc23)c(-c2c(C(c3ccccc3)c3ccccc3)[nH]c3ccccc23)c2ccccc12. The van der Waals surface area contributed by atoms with Gasteiger partial charge >= 0.3 is 21.7 Å². The Kier molecular flexibility index (Phi) is 6.96. The molecule has 2 heterocycles. The van der Waals surface area contributed by atoms with Crippen LogP contribution in [0.1, 0.15) is 22.7 Å². The van der Waals surface area contributed by atoms with Crippen LogP contribution in [0.25, 0.3) is 43.6 Å². The summed E-state index contributed by atoms with van der Waals surface area (Å²) < 4.78 is 40.0. The van der Waals surface area contributed by atoms with Crippen LogP contribution in [0.2, 0.25) is 0 Å². The first-order chi connectivity index (χ1) is 23.0. The number of aromatic nitrogens is 1. The van der Waals surface area contributed by atoms with Gasteiger partial charge in [-0.3, -0.25) is 0 Å². The zero-order valence-corrected chi connectivity index (χ0v) is 25.8. The Hall–Kier alpha value is -5.92. The molecule has 8 rings (SSSR count). The summed E-state index contributed by atoms with van der Waals surface area (Å²) in [6, 6.07) is 47.2. The fourth-order valence-electron chi connectivity index (χ4n) is 6.50. The quantitative estimate of drug-likeness (QED) is 0.177. The molecule has 0 spiro atoms. The topological polar surface area (TPSA) is 89.4 Å². The Morgan fingerprint density at radius 1 is 0.553 bits per heavy atom. The lowest BCUT2D eigenvalue weighted by Crippen LogP contribution is -2.14. The van der Waals surface area contributed by atoms with Crippen LogP contribution in [0.15, 0.2) is 166 Å². The zero-order valence-electron chi connectivity index (χ0n) is 25.0. The van der Waals surface area contributed by atoms with Crippen molar-refractivity contribution < 1.29 is 17.0 Å². The lowest BCUT2D eigenvalue weighted by Gasteiger charge is -2.21. The summed E-state index contributed by atoms with van der Waals surface area (Å²) in [4.78, 5) is 17.1. The number of rotatable bonds is 7. The molecule has 47 heavy (non-hydrogen) atoms. The highest BCUT2D eigenvalue weighted by molar-refractivity contribution is 7.87. The predicted octanol–water partition coefficient (Wildman–Crippen LogP) is 9.04. The maximum atomic E-state index is 14.1. The van der Waals surface area contributed by atoms with Crippen molar-refractivity contribution in [1.29, 1.82) is 0 Å². The fourth-order valence-corrected chi connectivity index (χ4v) is 7.61. The molecule has 0 aliphatic rings. The molecule has 0 fully saturated rings. The number of hydrogen-bond acceptors (Lipinski definition) is 5. The second kappa shape index (κ2) is 11.5. The van der Waals surface area contributed by atoms with Gasteiger partial charge in [0.1, 0.15) is 4.90 Å². The summed E-state index contributed by atoms with van der Waals surface area (Å²) in [7, 11) is -4.47. The number of fused-ring (bicyclic) bond motifs is 3. The minimum atomic E-state index is -4.47. The van der Waals surface area contributed by atoms with E-state index in [0.717, 1.165) is 33.1 Å². The highest BCUT2D eigenvalue weighted by atomic mass is 32.2. The van der Waals surface area contributed by atoms with Crippen molar-refractivity contribution in [2.45, 2.75) is 10.8 Å². The second-order valence-electron chi connectivity index (χ2n) is 11.3. The lowest BCUT2D eigenvalue weighted by atomic mass is 9.84. The average molecular weight is 634 g/mol. The van der Waals surface area contributed by atoms with Crippen LogP contribution in [-0.4, -0.2) is 13.4 Å². The second-order valence-corrected chi connectivity index (χ2v) is 12.8. The molecule has 0 radical (unpaired) electrons. The molecule has 228 valence electrons. The number of hydrogen-bond donors (Lipinski definition) is 1. The zero-order chi connectivity index (χ0) is 32.0. The Balaban J connectivity index is 1.45. The number of para-hydroxylation sites is 1. The third kappa shape index (κ3) is 4.98. The van der Waals surface area contributed by atoms with Crippen molar-refractivity contribution in [3.05, 3.63) is 179 Å². The molecule has 0 saturated heterocycles. The molecule has 0 aliphatic carbocycles. The minimum absolute atomic E-state index is 0.0250. The van der Waals surface area contributed by atoms with Gasteiger partial charge in [-0.05, 0) is 34.7 Å². The molecule has 7 heteroatoms. The van der Waals surface area contributed by atoms with Crippen molar-refractivity contribution in [1.82, 2.24) is 4.98 Å². The average Bonchev–Trinajstić information content (AvgIpc) is 3.47. The Bertz CT molecular complexity index is 2550. The summed E-state index contributed by atoms with van der Waals surface area (Å²) in [6.07, 6.45) is 0. The van der Waals surface area contributed by atoms with Crippen molar-refractivity contribution in [3.63, 3.8) is 0 Å². The maximum absolute atomic E-state index is 14.1. The third-order valence-electron chi connectivity index (χ3n) is 8.55. The van der Waals surface area contributed by atoms with Gasteiger partial charge in [0.05, 0.1) is 10.9 Å². The first-order valence-corrected chi connectivity index (χ1v) is 16.6. The van der Waals surface area contributed by atoms with Crippen LogP contribution < -0.4 is 9.81 Å². The van der Waals surface area contributed by atoms with Gasteiger partial charge in [0.25, 0.3) is 0 Å². The van der Waals surface area contributed by atoms with Gasteiger partial charge in [0.15, 0.2) is 0 Å². The van der Waals surface area contributed by atoms with E-state index in [0.29, 0.717) is 27.3 Å². The van der Waals surface area contributed by atoms with Crippen molar-refractivity contribution >= 4 is 42.6 Å². The van der Waals surface area contributed by atoms with Gasteiger partial charge in [0, 0.05) is 38.9 Å². The molecule has 0 atom stereocenters. The van der Waals surface area contributed by atoms with Gasteiger partial charge in [-0.15, -0.1) is 0 Å². The van der Waals surface area contributed by atoms with E-state index in [1.807, 2.05) is 84.9 Å². The van der Waals surface area contributed by atoms with Crippen LogP contribution in [0.5, 0.6) is 5.95 Å². The van der Waals surface area contributed by atoms with E-state index in [2.05, 4.69) is 29.2 Å². The number of benzene rings is 6. The Morgan fingerprint density at radius 3 is 1.81 bits per heavy atom. The van der Waals surface area contributed by atoms with E-state index in [1.165, 1.54) is 6.07 Å². The molecule has 0 aliphatic heterocycles. The monoisotopic (exact) mass is 633 g/mol. The molecule has 0 unspecified atom stereocenters. The molecule has 6 aromatic carbocycles. The standard InChI is InChI=1S/C40H27NO5S/c42-39-31-22-10-9-21-30(31)37(40(45-39)46-47(43,44)34-25-13-19-26-14-7-8-20-29(26)34)36-32-23-11-12-24-33(32)41-38(36)35(27-15-3-1-4-16-27)28-17-5-2-6-18-28/h1-25,35,41H. The van der Waals surface area contributed by atoms with Crippen LogP contribution >= 0.6 is 0 Å². The van der Waals surface area contributed by atoms with Crippen molar-refractivity contribution in [2.75, 3.05) is 0 Å². The largest absolute Gasteiger partial charge is 0.388 e. The van der Waals surface area contributed by atoms with E-state index in [-0.39, 0.29) is 10.8 Å². The molecule has 0 saturated carbocycles. The fraction of sp³-hybridized carbons (Fsp3) is 0.0250. The molecular weight excluding hydrogens is 607 g/mol. The summed E-state index contributed by atoms with van der Waals surface area (Å²) in [6.45, 7) is 0. The highest BCUT2D eigenvalue weighted by Gasteiger charge is 2.31. The summed E-state index contributed by atoms with van der Waals surface area (Å²) >= 11 is 0. The Morgan fingerprint density at radius 2 is 1.11 bits per heavy atom. The van der Waals surface area contributed by atoms with E-state index in [4.69, 9.17) is 8.60 Å². The van der Waals surface area contributed by atoms with Crippen LogP contribution in [0, 0.1) is 0 Å². The maximum Gasteiger partial charge on any atom is 0.346 e. The van der Waals surface area contributed by atoms with Gasteiger partial charge in [0.2, 0.25) is 0 Å². The van der Waals surface area contributed by atoms with Gasteiger partial charge in [-0.1, -0.05) is 133 Å². The van der Waals surface area contributed by atoms with Gasteiger partial charge in [-0.2, -0.15) is 8.42 Å². The first kappa shape index (κ1) is 28.5. The summed E-state index contributed by atoms with van der Waals surface area (Å²) in [5.74, 6) is -0.680. The first-order valence-electron chi connectivity index (χ1n) is 15.2. The van der Waals surface area contributed by atoms with Gasteiger partial charge < -0.3 is 13.6 Å². The molecule has 8 aromatic rings.